The maximum absolute atomic E-state index is 2.49. The Hall–Kier alpha value is -6.68. The summed E-state index contributed by atoms with van der Waals surface area (Å²) in [7, 11) is 0. The van der Waals surface area contributed by atoms with Crippen molar-refractivity contribution >= 4 is 87.2 Å². The Kier molecular flexibility index (Phi) is 10.9. The predicted octanol–water partition coefficient (Wildman–Crippen LogP) is 20.1. The molecule has 0 saturated heterocycles. The van der Waals surface area contributed by atoms with Crippen molar-refractivity contribution < 1.29 is 0 Å². The van der Waals surface area contributed by atoms with Gasteiger partial charge < -0.3 is 9.80 Å². The Morgan fingerprint density at radius 3 is 1.18 bits per heavy atom. The number of hydrogen-bond acceptors (Lipinski definition) is 3. The Morgan fingerprint density at radius 1 is 0.353 bits per heavy atom. The first-order valence-electron chi connectivity index (χ1n) is 24.8. The van der Waals surface area contributed by atoms with Crippen molar-refractivity contribution in [1.29, 1.82) is 0 Å². The molecule has 2 nitrogen and oxygen atoms in total. The van der Waals surface area contributed by atoms with Gasteiger partial charge >= 0.3 is 0 Å². The van der Waals surface area contributed by atoms with Crippen LogP contribution in [-0.4, -0.2) is 0 Å². The molecule has 0 aliphatic heterocycles. The summed E-state index contributed by atoms with van der Waals surface area (Å²) in [6.07, 6.45) is 0. The number of nitrogens with zero attached hydrogens (tertiary/aromatic N) is 2. The standard InChI is InChI=1S/C65H62N2S/c1-39(2)43-11-21-51(22-12-43)66(52-23-13-44(14-24-52)40(3)4)55-29-19-47-35-58-57-31-32-61-63(64(57)65(9,10)60(58)37-49(47)33-55)59-36-48-20-30-56(34-50(48)38-62(59)68-61)67(53-25-15-45(16-26-53)41(5)6)54-27-17-46(18-28-54)42(7)8/h11-42H,1-10H3. The molecule has 1 aromatic heterocycles. The van der Waals surface area contributed by atoms with E-state index in [0.29, 0.717) is 23.7 Å². The lowest BCUT2D eigenvalue weighted by Gasteiger charge is -2.27. The summed E-state index contributed by atoms with van der Waals surface area (Å²) in [4.78, 5) is 4.83. The molecule has 0 atom stereocenters. The first-order chi connectivity index (χ1) is 32.7. The molecule has 10 aromatic rings. The molecule has 3 heteroatoms. The third-order valence-electron chi connectivity index (χ3n) is 14.9. The van der Waals surface area contributed by atoms with Crippen molar-refractivity contribution in [3.05, 3.63) is 203 Å². The number of fused-ring (bicyclic) bond motifs is 9. The Balaban J connectivity index is 0.996. The van der Waals surface area contributed by atoms with Crippen molar-refractivity contribution in [2.75, 3.05) is 9.80 Å². The molecule has 338 valence electrons. The van der Waals surface area contributed by atoms with Gasteiger partial charge in [-0.05, 0) is 193 Å². The van der Waals surface area contributed by atoms with E-state index in [2.05, 4.69) is 249 Å². The van der Waals surface area contributed by atoms with Crippen LogP contribution in [0.3, 0.4) is 0 Å². The van der Waals surface area contributed by atoms with Crippen molar-refractivity contribution in [2.24, 2.45) is 0 Å². The highest BCUT2D eigenvalue weighted by Gasteiger charge is 2.38. The summed E-state index contributed by atoms with van der Waals surface area (Å²) >= 11 is 1.93. The van der Waals surface area contributed by atoms with Gasteiger partial charge in [0, 0.05) is 59.7 Å². The zero-order valence-electron chi connectivity index (χ0n) is 41.3. The van der Waals surface area contributed by atoms with Crippen LogP contribution in [0.2, 0.25) is 0 Å². The molecule has 0 amide bonds. The van der Waals surface area contributed by atoms with Gasteiger partial charge in [-0.25, -0.2) is 0 Å². The van der Waals surface area contributed by atoms with Gasteiger partial charge in [0.1, 0.15) is 0 Å². The lowest BCUT2D eigenvalue weighted by Crippen LogP contribution is -2.15. The second-order valence-corrected chi connectivity index (χ2v) is 22.1. The Bertz CT molecular complexity index is 3410. The molecule has 11 rings (SSSR count). The van der Waals surface area contributed by atoms with Crippen molar-refractivity contribution in [3.8, 4) is 11.1 Å². The summed E-state index contributed by atoms with van der Waals surface area (Å²) in [5.41, 5.74) is 17.8. The summed E-state index contributed by atoms with van der Waals surface area (Å²) in [5.74, 6) is 1.92. The van der Waals surface area contributed by atoms with Crippen molar-refractivity contribution in [2.45, 2.75) is 98.3 Å². The molecule has 0 fully saturated rings. The smallest absolute Gasteiger partial charge is 0.0468 e. The lowest BCUT2D eigenvalue weighted by atomic mass is 9.80. The third-order valence-corrected chi connectivity index (χ3v) is 16.0. The molecule has 0 saturated carbocycles. The predicted molar refractivity (Wildman–Crippen MR) is 298 cm³/mol. The lowest BCUT2D eigenvalue weighted by molar-refractivity contribution is 0.667. The van der Waals surface area contributed by atoms with Crippen molar-refractivity contribution in [1.82, 2.24) is 0 Å². The quantitative estimate of drug-likeness (QED) is 0.135. The van der Waals surface area contributed by atoms with E-state index in [-0.39, 0.29) is 5.41 Å². The second-order valence-electron chi connectivity index (χ2n) is 21.1. The molecule has 1 heterocycles. The summed E-state index contributed by atoms with van der Waals surface area (Å²) in [5, 5.41) is 7.79. The maximum Gasteiger partial charge on any atom is 0.0468 e. The number of benzene rings is 9. The molecule has 1 aliphatic rings. The first kappa shape index (κ1) is 43.9. The molecule has 68 heavy (non-hydrogen) atoms. The highest BCUT2D eigenvalue weighted by atomic mass is 32.1. The van der Waals surface area contributed by atoms with E-state index in [4.69, 9.17) is 0 Å². The van der Waals surface area contributed by atoms with Crippen LogP contribution < -0.4 is 9.80 Å². The van der Waals surface area contributed by atoms with Crippen molar-refractivity contribution in [3.63, 3.8) is 0 Å². The molecule has 0 spiro atoms. The van der Waals surface area contributed by atoms with Gasteiger partial charge in [-0.1, -0.05) is 136 Å². The maximum atomic E-state index is 2.49. The number of hydrogen-bond donors (Lipinski definition) is 0. The molecular formula is C65H62N2S. The van der Waals surface area contributed by atoms with Gasteiger partial charge in [-0.2, -0.15) is 0 Å². The monoisotopic (exact) mass is 902 g/mol. The number of thiophene rings is 1. The normalized spacial score (nSPS) is 13.2. The first-order valence-corrected chi connectivity index (χ1v) is 25.6. The van der Waals surface area contributed by atoms with Crippen LogP contribution >= 0.6 is 11.3 Å². The zero-order valence-corrected chi connectivity index (χ0v) is 42.1. The van der Waals surface area contributed by atoms with Crippen LogP contribution in [0.4, 0.5) is 34.1 Å². The molecule has 0 radical (unpaired) electrons. The van der Waals surface area contributed by atoms with E-state index in [0.717, 1.165) is 11.4 Å². The zero-order chi connectivity index (χ0) is 47.2. The fourth-order valence-electron chi connectivity index (χ4n) is 10.8. The molecule has 0 unspecified atom stereocenters. The summed E-state index contributed by atoms with van der Waals surface area (Å²) in [6, 6.07) is 65.2. The molecule has 1 aliphatic carbocycles. The fraction of sp³-hybridized carbons (Fsp3) is 0.231. The Morgan fingerprint density at radius 2 is 0.750 bits per heavy atom. The Labute approximate surface area is 407 Å². The van der Waals surface area contributed by atoms with E-state index in [1.54, 1.807) is 0 Å². The van der Waals surface area contributed by atoms with Gasteiger partial charge in [0.15, 0.2) is 0 Å². The highest BCUT2D eigenvalue weighted by molar-refractivity contribution is 7.26. The third kappa shape index (κ3) is 7.47. The van der Waals surface area contributed by atoms with Crippen LogP contribution in [0, 0.1) is 0 Å². The minimum atomic E-state index is -0.197. The van der Waals surface area contributed by atoms with Gasteiger partial charge in [0.2, 0.25) is 0 Å². The molecule has 0 N–H and O–H groups in total. The molecule has 0 bridgehead atoms. The van der Waals surface area contributed by atoms with Gasteiger partial charge in [0.05, 0.1) is 0 Å². The average Bonchev–Trinajstić information content (AvgIpc) is 3.80. The minimum absolute atomic E-state index is 0.197. The van der Waals surface area contributed by atoms with Crippen LogP contribution in [0.5, 0.6) is 0 Å². The van der Waals surface area contributed by atoms with E-state index < -0.39 is 0 Å². The summed E-state index contributed by atoms with van der Waals surface area (Å²) in [6.45, 7) is 23.0. The van der Waals surface area contributed by atoms with Crippen LogP contribution in [0.25, 0.3) is 52.8 Å². The van der Waals surface area contributed by atoms with E-state index in [1.165, 1.54) is 109 Å². The SMILES string of the molecule is CC(C)c1ccc(N(c2ccc(C(C)C)cc2)c2ccc3cc4c(cc3c2)C(C)(C)c2c-4ccc3sc4cc5cc(N(c6ccc(C(C)C)cc6)c6ccc(C(C)C)cc6)ccc5cc4c23)cc1. The topological polar surface area (TPSA) is 6.48 Å². The number of anilines is 6. The van der Waals surface area contributed by atoms with E-state index >= 15 is 0 Å². The summed E-state index contributed by atoms with van der Waals surface area (Å²) < 4.78 is 2.68. The van der Waals surface area contributed by atoms with Crippen LogP contribution in [0.1, 0.15) is 126 Å². The average molecular weight is 903 g/mol. The largest absolute Gasteiger partial charge is 0.310 e. The molecular weight excluding hydrogens is 841 g/mol. The highest BCUT2D eigenvalue weighted by Crippen LogP contribution is 2.55. The van der Waals surface area contributed by atoms with Crippen LogP contribution in [-0.2, 0) is 5.41 Å². The fourth-order valence-corrected chi connectivity index (χ4v) is 12.0. The van der Waals surface area contributed by atoms with Crippen LogP contribution in [0.15, 0.2) is 170 Å². The van der Waals surface area contributed by atoms with Gasteiger partial charge in [-0.15, -0.1) is 11.3 Å². The second kappa shape index (κ2) is 16.8. The van der Waals surface area contributed by atoms with Gasteiger partial charge in [0.25, 0.3) is 0 Å². The van der Waals surface area contributed by atoms with E-state index in [1.807, 2.05) is 11.3 Å². The van der Waals surface area contributed by atoms with E-state index in [9.17, 15) is 0 Å². The molecule has 9 aromatic carbocycles. The number of rotatable bonds is 10. The minimum Gasteiger partial charge on any atom is -0.310 e. The van der Waals surface area contributed by atoms with Gasteiger partial charge in [-0.3, -0.25) is 0 Å².